The molecule has 1 amide bonds. The molecule has 1 saturated heterocycles. The first-order valence-corrected chi connectivity index (χ1v) is 10.8. The number of likely N-dealkylation sites (tertiary alicyclic amines) is 1. The van der Waals surface area contributed by atoms with Crippen molar-refractivity contribution in [2.24, 2.45) is 5.92 Å². The van der Waals surface area contributed by atoms with Crippen molar-refractivity contribution in [2.45, 2.75) is 24.2 Å². The number of hydroxylamine groups is 1. The number of piperidine rings is 1. The van der Waals surface area contributed by atoms with Gasteiger partial charge in [-0.1, -0.05) is 34.8 Å². The highest BCUT2D eigenvalue weighted by molar-refractivity contribution is 7.89. The van der Waals surface area contributed by atoms with Crippen LogP contribution in [0.2, 0.25) is 0 Å². The molecule has 2 aromatic rings. The highest BCUT2D eigenvalue weighted by Crippen LogP contribution is 2.23. The van der Waals surface area contributed by atoms with E-state index in [-0.39, 0.29) is 10.8 Å². The highest BCUT2D eigenvalue weighted by atomic mass is 32.2. The fourth-order valence-corrected chi connectivity index (χ4v) is 4.46. The van der Waals surface area contributed by atoms with Crippen molar-refractivity contribution in [1.82, 2.24) is 9.37 Å². The van der Waals surface area contributed by atoms with Crippen LogP contribution in [0.1, 0.15) is 28.8 Å². The monoisotopic (exact) mass is 402 g/mol. The van der Waals surface area contributed by atoms with E-state index in [9.17, 15) is 13.2 Å². The third-order valence-corrected chi connectivity index (χ3v) is 6.96. The molecule has 0 aliphatic carbocycles. The zero-order valence-corrected chi connectivity index (χ0v) is 17.1. The fourth-order valence-electron chi connectivity index (χ4n) is 3.49. The Morgan fingerprint density at radius 2 is 1.68 bits per heavy atom. The number of hydrogen-bond donors (Lipinski definition) is 0. The summed E-state index contributed by atoms with van der Waals surface area (Å²) in [5.41, 5.74) is 1.84. The molecule has 0 N–H and O–H groups in total. The van der Waals surface area contributed by atoms with Gasteiger partial charge in [0.2, 0.25) is 0 Å². The Bertz CT molecular complexity index is 890. The summed E-state index contributed by atoms with van der Waals surface area (Å²) in [6.07, 6.45) is 3.00. The van der Waals surface area contributed by atoms with Crippen LogP contribution >= 0.6 is 0 Å². The molecule has 1 heterocycles. The predicted octanol–water partition coefficient (Wildman–Crippen LogP) is 2.96. The lowest BCUT2D eigenvalue weighted by atomic mass is 9.90. The first-order chi connectivity index (χ1) is 13.4. The molecule has 0 bridgehead atoms. The summed E-state index contributed by atoms with van der Waals surface area (Å²) >= 11 is 0. The van der Waals surface area contributed by atoms with Crippen LogP contribution in [-0.4, -0.2) is 50.9 Å². The summed E-state index contributed by atoms with van der Waals surface area (Å²) in [5, 5.41) is 0. The van der Waals surface area contributed by atoms with Gasteiger partial charge < -0.3 is 4.90 Å². The van der Waals surface area contributed by atoms with Crippen molar-refractivity contribution in [3.63, 3.8) is 0 Å². The van der Waals surface area contributed by atoms with Crippen molar-refractivity contribution >= 4 is 15.9 Å². The normalized spacial score (nSPS) is 15.8. The Morgan fingerprint density at radius 1 is 1.07 bits per heavy atom. The van der Waals surface area contributed by atoms with E-state index < -0.39 is 10.0 Å². The number of rotatable bonds is 6. The first kappa shape index (κ1) is 20.5. The minimum atomic E-state index is -3.71. The molecule has 0 radical (unpaired) electrons. The van der Waals surface area contributed by atoms with Crippen LogP contribution < -0.4 is 0 Å². The molecule has 3 rings (SSSR count). The van der Waals surface area contributed by atoms with Gasteiger partial charge in [0.15, 0.2) is 0 Å². The molecule has 1 fully saturated rings. The summed E-state index contributed by atoms with van der Waals surface area (Å²) < 4.78 is 25.3. The SMILES string of the molecule is CON(C)S(=O)(=O)c1ccc(C(=O)N2CCC(Cc3ccccc3)CC2)cc1. The second-order valence-corrected chi connectivity index (χ2v) is 8.98. The van der Waals surface area contributed by atoms with Gasteiger partial charge in [-0.2, -0.15) is 0 Å². The third kappa shape index (κ3) is 4.60. The van der Waals surface area contributed by atoms with Crippen LogP contribution in [0.3, 0.4) is 0 Å². The molecule has 0 atom stereocenters. The van der Waals surface area contributed by atoms with E-state index in [0.29, 0.717) is 11.5 Å². The lowest BCUT2D eigenvalue weighted by Crippen LogP contribution is -2.38. The molecule has 28 heavy (non-hydrogen) atoms. The van der Waals surface area contributed by atoms with Crippen molar-refractivity contribution in [2.75, 3.05) is 27.2 Å². The minimum absolute atomic E-state index is 0.0535. The van der Waals surface area contributed by atoms with Gasteiger partial charge in [0.05, 0.1) is 12.0 Å². The van der Waals surface area contributed by atoms with E-state index >= 15 is 0 Å². The van der Waals surface area contributed by atoms with Gasteiger partial charge in [0.1, 0.15) is 0 Å². The summed E-state index contributed by atoms with van der Waals surface area (Å²) in [5.74, 6) is 0.533. The van der Waals surface area contributed by atoms with Gasteiger partial charge in [-0.15, -0.1) is 0 Å². The largest absolute Gasteiger partial charge is 0.339 e. The van der Waals surface area contributed by atoms with E-state index in [1.54, 1.807) is 12.1 Å². The van der Waals surface area contributed by atoms with Crippen molar-refractivity contribution in [1.29, 1.82) is 0 Å². The molecule has 0 unspecified atom stereocenters. The average molecular weight is 403 g/mol. The lowest BCUT2D eigenvalue weighted by molar-refractivity contribution is -0.0258. The third-order valence-electron chi connectivity index (χ3n) is 5.26. The Kier molecular flexibility index (Phi) is 6.49. The van der Waals surface area contributed by atoms with Gasteiger partial charge >= 0.3 is 0 Å². The highest BCUT2D eigenvalue weighted by Gasteiger charge is 2.25. The molecular formula is C21H26N2O4S. The summed E-state index contributed by atoms with van der Waals surface area (Å²) in [7, 11) is -1.09. The molecule has 1 aliphatic heterocycles. The molecule has 0 saturated carbocycles. The average Bonchev–Trinajstić information content (AvgIpc) is 2.74. The number of amides is 1. The number of benzene rings is 2. The molecule has 7 heteroatoms. The van der Waals surface area contributed by atoms with E-state index in [0.717, 1.165) is 36.8 Å². The standard InChI is InChI=1S/C21H26N2O4S/c1-22(27-2)28(25,26)20-10-8-19(9-11-20)21(24)23-14-12-18(13-15-23)16-17-6-4-3-5-7-17/h3-11,18H,12-16H2,1-2H3. The first-order valence-electron chi connectivity index (χ1n) is 9.38. The molecular weight excluding hydrogens is 376 g/mol. The Hall–Kier alpha value is -2.22. The van der Waals surface area contributed by atoms with Gasteiger partial charge in [-0.25, -0.2) is 8.42 Å². The molecule has 150 valence electrons. The second kappa shape index (κ2) is 8.86. The van der Waals surface area contributed by atoms with Gasteiger partial charge in [0.25, 0.3) is 15.9 Å². The zero-order valence-electron chi connectivity index (χ0n) is 16.2. The van der Waals surface area contributed by atoms with E-state index in [1.807, 2.05) is 11.0 Å². The molecule has 1 aliphatic rings. The van der Waals surface area contributed by atoms with Crippen molar-refractivity contribution in [3.05, 3.63) is 65.7 Å². The van der Waals surface area contributed by atoms with Crippen molar-refractivity contribution < 1.29 is 18.0 Å². The smallest absolute Gasteiger partial charge is 0.264 e. The summed E-state index contributed by atoms with van der Waals surface area (Å²) in [4.78, 5) is 19.5. The number of hydrogen-bond acceptors (Lipinski definition) is 4. The number of carbonyl (C=O) groups is 1. The summed E-state index contributed by atoms with van der Waals surface area (Å²) in [6.45, 7) is 1.45. The topological polar surface area (TPSA) is 66.9 Å². The van der Waals surface area contributed by atoms with Gasteiger partial charge in [-0.3, -0.25) is 9.63 Å². The zero-order chi connectivity index (χ0) is 20.1. The van der Waals surface area contributed by atoms with E-state index in [2.05, 4.69) is 24.3 Å². The maximum atomic E-state index is 12.8. The Morgan fingerprint density at radius 3 is 2.25 bits per heavy atom. The van der Waals surface area contributed by atoms with E-state index in [1.165, 1.54) is 31.9 Å². The molecule has 0 spiro atoms. The quantitative estimate of drug-likeness (QED) is 0.697. The van der Waals surface area contributed by atoms with Crippen LogP contribution in [0.15, 0.2) is 59.5 Å². The van der Waals surface area contributed by atoms with Crippen LogP contribution in [-0.2, 0) is 21.3 Å². The van der Waals surface area contributed by atoms with Crippen molar-refractivity contribution in [3.8, 4) is 0 Å². The number of carbonyl (C=O) groups excluding carboxylic acids is 1. The predicted molar refractivity (Wildman–Crippen MR) is 107 cm³/mol. The van der Waals surface area contributed by atoms with Crippen LogP contribution in [0.5, 0.6) is 0 Å². The number of sulfonamides is 1. The maximum Gasteiger partial charge on any atom is 0.264 e. The summed E-state index contributed by atoms with van der Waals surface area (Å²) in [6, 6.07) is 16.4. The van der Waals surface area contributed by atoms with Crippen LogP contribution in [0, 0.1) is 5.92 Å². The molecule has 2 aromatic carbocycles. The van der Waals surface area contributed by atoms with Gasteiger partial charge in [0, 0.05) is 25.7 Å². The fraction of sp³-hybridized carbons (Fsp3) is 0.381. The van der Waals surface area contributed by atoms with Crippen LogP contribution in [0.4, 0.5) is 0 Å². The maximum absolute atomic E-state index is 12.8. The molecule has 6 nitrogen and oxygen atoms in total. The Labute approximate surface area is 166 Å². The van der Waals surface area contributed by atoms with Crippen LogP contribution in [0.25, 0.3) is 0 Å². The second-order valence-electron chi connectivity index (χ2n) is 7.05. The minimum Gasteiger partial charge on any atom is -0.339 e. The van der Waals surface area contributed by atoms with Gasteiger partial charge in [-0.05, 0) is 55.0 Å². The van der Waals surface area contributed by atoms with E-state index in [4.69, 9.17) is 4.84 Å². The Balaban J connectivity index is 1.59. The number of nitrogens with zero attached hydrogens (tertiary/aromatic N) is 2. The molecule has 0 aromatic heterocycles. The lowest BCUT2D eigenvalue weighted by Gasteiger charge is -2.32.